The Bertz CT molecular complexity index is 399. The molecule has 0 spiro atoms. The molecular formula is C9H9Cl2NO4. The highest BCUT2D eigenvalue weighted by Gasteiger charge is 2.28. The molecule has 5 nitrogen and oxygen atoms in total. The van der Waals surface area contributed by atoms with Crippen LogP contribution in [0.25, 0.3) is 0 Å². The van der Waals surface area contributed by atoms with Gasteiger partial charge in [-0.15, -0.1) is 0 Å². The number of aromatic nitrogens is 1. The van der Waals surface area contributed by atoms with Crippen molar-refractivity contribution in [1.29, 1.82) is 0 Å². The Balaban J connectivity index is 2.99. The molecule has 1 aromatic rings. The van der Waals surface area contributed by atoms with Crippen LogP contribution >= 0.6 is 23.2 Å². The fraction of sp³-hybridized carbons (Fsp3) is 0.333. The van der Waals surface area contributed by atoms with Gasteiger partial charge in [0.05, 0.1) is 12.1 Å². The Labute approximate surface area is 102 Å². The summed E-state index contributed by atoms with van der Waals surface area (Å²) in [7, 11) is 1.09. The summed E-state index contributed by atoms with van der Waals surface area (Å²) >= 11 is 11.3. The lowest BCUT2D eigenvalue weighted by Gasteiger charge is -2.16. The normalized spacial score (nSPS) is 14.3. The molecule has 0 aliphatic heterocycles. The highest BCUT2D eigenvalue weighted by atomic mass is 35.5. The average molecular weight is 266 g/mol. The van der Waals surface area contributed by atoms with Crippen molar-refractivity contribution in [3.05, 3.63) is 28.0 Å². The number of hydrogen-bond acceptors (Lipinski definition) is 5. The molecular weight excluding hydrogens is 257 g/mol. The smallest absolute Gasteiger partial charge is 0.337 e. The Hall–Kier alpha value is -0.880. The van der Waals surface area contributed by atoms with Crippen molar-refractivity contribution in [3.63, 3.8) is 0 Å². The highest BCUT2D eigenvalue weighted by Crippen LogP contribution is 2.26. The zero-order chi connectivity index (χ0) is 12.3. The van der Waals surface area contributed by atoms with Gasteiger partial charge in [0, 0.05) is 11.8 Å². The summed E-state index contributed by atoms with van der Waals surface area (Å²) in [5.41, 5.74) is 0.0621. The quantitative estimate of drug-likeness (QED) is 0.629. The first kappa shape index (κ1) is 13.2. The summed E-state index contributed by atoms with van der Waals surface area (Å²) < 4.78 is 4.28. The van der Waals surface area contributed by atoms with E-state index in [0.29, 0.717) is 0 Å². The largest absolute Gasteiger partial charge is 0.467 e. The maximum absolute atomic E-state index is 11.0. The fourth-order valence-corrected chi connectivity index (χ4v) is 1.45. The Kier molecular flexibility index (Phi) is 4.49. The first-order chi connectivity index (χ1) is 7.47. The number of esters is 1. The predicted octanol–water partition coefficient (Wildman–Crippen LogP) is 0.956. The number of hydrogen-bond donors (Lipinski definition) is 2. The van der Waals surface area contributed by atoms with Crippen LogP contribution in [0.1, 0.15) is 11.7 Å². The van der Waals surface area contributed by atoms with Crippen molar-refractivity contribution in [2.45, 2.75) is 12.2 Å². The molecule has 2 N–H and O–H groups in total. The van der Waals surface area contributed by atoms with Crippen LogP contribution in [0, 0.1) is 0 Å². The van der Waals surface area contributed by atoms with Crippen LogP contribution in [0.2, 0.25) is 10.2 Å². The maximum atomic E-state index is 11.0. The van der Waals surface area contributed by atoms with E-state index >= 15 is 0 Å². The summed E-state index contributed by atoms with van der Waals surface area (Å²) in [5, 5.41) is 19.3. The van der Waals surface area contributed by atoms with Gasteiger partial charge in [-0.2, -0.15) is 0 Å². The average Bonchev–Trinajstić information content (AvgIpc) is 2.29. The van der Waals surface area contributed by atoms with Crippen LogP contribution in [0.5, 0.6) is 0 Å². The topological polar surface area (TPSA) is 79.7 Å². The standard InChI is InChI=1S/C9H9Cl2NO4/c1-16-9(15)7(14)6(13)5-2-4(10)3-12-8(5)11/h2-3,6-7,13-14H,1H3. The van der Waals surface area contributed by atoms with E-state index in [1.807, 2.05) is 0 Å². The van der Waals surface area contributed by atoms with Gasteiger partial charge in [0.25, 0.3) is 0 Å². The molecule has 2 atom stereocenters. The van der Waals surface area contributed by atoms with Gasteiger partial charge in [-0.25, -0.2) is 9.78 Å². The number of carbonyl (C=O) groups excluding carboxylic acids is 1. The molecule has 0 bridgehead atoms. The number of rotatable bonds is 3. The van der Waals surface area contributed by atoms with E-state index in [9.17, 15) is 15.0 Å². The SMILES string of the molecule is COC(=O)C(O)C(O)c1cc(Cl)cnc1Cl. The zero-order valence-corrected chi connectivity index (χ0v) is 9.74. The molecule has 7 heteroatoms. The molecule has 1 heterocycles. The summed E-state index contributed by atoms with van der Waals surface area (Å²) in [5.74, 6) is -0.969. The summed E-state index contributed by atoms with van der Waals surface area (Å²) in [6.07, 6.45) is -1.99. The highest BCUT2D eigenvalue weighted by molar-refractivity contribution is 6.32. The molecule has 0 radical (unpaired) electrons. The molecule has 0 aliphatic carbocycles. The van der Waals surface area contributed by atoms with E-state index in [4.69, 9.17) is 23.2 Å². The van der Waals surface area contributed by atoms with Crippen LogP contribution in [-0.2, 0) is 9.53 Å². The van der Waals surface area contributed by atoms with Gasteiger partial charge in [0.15, 0.2) is 6.10 Å². The minimum Gasteiger partial charge on any atom is -0.467 e. The van der Waals surface area contributed by atoms with Gasteiger partial charge in [0.1, 0.15) is 11.3 Å². The van der Waals surface area contributed by atoms with Crippen LogP contribution in [0.3, 0.4) is 0 Å². The van der Waals surface area contributed by atoms with Gasteiger partial charge in [-0.05, 0) is 6.07 Å². The Morgan fingerprint density at radius 3 is 2.69 bits per heavy atom. The first-order valence-corrected chi connectivity index (χ1v) is 4.98. The number of methoxy groups -OCH3 is 1. The van der Waals surface area contributed by atoms with E-state index in [-0.39, 0.29) is 15.7 Å². The number of aliphatic hydroxyl groups is 2. The van der Waals surface area contributed by atoms with E-state index in [0.717, 1.165) is 7.11 Å². The van der Waals surface area contributed by atoms with Crippen LogP contribution in [0.4, 0.5) is 0 Å². The summed E-state index contributed by atoms with van der Waals surface area (Å²) in [4.78, 5) is 14.7. The summed E-state index contributed by atoms with van der Waals surface area (Å²) in [6, 6.07) is 1.31. The minimum atomic E-state index is -1.73. The molecule has 1 rings (SSSR count). The molecule has 0 saturated carbocycles. The molecule has 1 aromatic heterocycles. The predicted molar refractivity (Wildman–Crippen MR) is 57.2 cm³/mol. The number of halogens is 2. The number of carbonyl (C=O) groups is 1. The van der Waals surface area contributed by atoms with Crippen molar-refractivity contribution >= 4 is 29.2 Å². The monoisotopic (exact) mass is 265 g/mol. The second kappa shape index (κ2) is 5.45. The second-order valence-electron chi connectivity index (χ2n) is 2.95. The maximum Gasteiger partial charge on any atom is 0.337 e. The number of ether oxygens (including phenoxy) is 1. The molecule has 0 aromatic carbocycles. The number of aliphatic hydroxyl groups excluding tert-OH is 2. The van der Waals surface area contributed by atoms with E-state index in [2.05, 4.69) is 9.72 Å². The number of nitrogens with zero attached hydrogens (tertiary/aromatic N) is 1. The van der Waals surface area contributed by atoms with Crippen molar-refractivity contribution in [2.24, 2.45) is 0 Å². The third-order valence-corrected chi connectivity index (χ3v) is 2.42. The minimum absolute atomic E-state index is 0.0418. The van der Waals surface area contributed by atoms with E-state index in [1.165, 1.54) is 12.3 Å². The lowest BCUT2D eigenvalue weighted by molar-refractivity contribution is -0.156. The van der Waals surface area contributed by atoms with Crippen LogP contribution in [0.15, 0.2) is 12.3 Å². The molecule has 2 unspecified atom stereocenters. The molecule has 0 saturated heterocycles. The molecule has 88 valence electrons. The van der Waals surface area contributed by atoms with Crippen LogP contribution in [-0.4, -0.2) is 34.4 Å². The number of pyridine rings is 1. The van der Waals surface area contributed by atoms with Gasteiger partial charge in [0.2, 0.25) is 0 Å². The Morgan fingerprint density at radius 1 is 1.50 bits per heavy atom. The molecule has 0 amide bonds. The van der Waals surface area contributed by atoms with Gasteiger partial charge in [-0.3, -0.25) is 0 Å². The molecule has 0 fully saturated rings. The van der Waals surface area contributed by atoms with E-state index < -0.39 is 18.2 Å². The Morgan fingerprint density at radius 2 is 2.12 bits per heavy atom. The van der Waals surface area contributed by atoms with Crippen molar-refractivity contribution in [1.82, 2.24) is 4.98 Å². The van der Waals surface area contributed by atoms with Crippen molar-refractivity contribution in [2.75, 3.05) is 7.11 Å². The lowest BCUT2D eigenvalue weighted by Crippen LogP contribution is -2.29. The third kappa shape index (κ3) is 2.82. The van der Waals surface area contributed by atoms with Crippen molar-refractivity contribution < 1.29 is 19.7 Å². The zero-order valence-electron chi connectivity index (χ0n) is 8.22. The molecule has 16 heavy (non-hydrogen) atoms. The van der Waals surface area contributed by atoms with Gasteiger partial charge in [-0.1, -0.05) is 23.2 Å². The third-order valence-electron chi connectivity index (χ3n) is 1.89. The lowest BCUT2D eigenvalue weighted by atomic mass is 10.1. The fourth-order valence-electron chi connectivity index (χ4n) is 1.07. The first-order valence-electron chi connectivity index (χ1n) is 4.22. The van der Waals surface area contributed by atoms with Crippen molar-refractivity contribution in [3.8, 4) is 0 Å². The van der Waals surface area contributed by atoms with Gasteiger partial charge >= 0.3 is 5.97 Å². The van der Waals surface area contributed by atoms with Crippen LogP contribution < -0.4 is 0 Å². The van der Waals surface area contributed by atoms with Gasteiger partial charge < -0.3 is 14.9 Å². The summed E-state index contributed by atoms with van der Waals surface area (Å²) in [6.45, 7) is 0. The second-order valence-corrected chi connectivity index (χ2v) is 3.74. The molecule has 0 aliphatic rings. The van der Waals surface area contributed by atoms with E-state index in [1.54, 1.807) is 0 Å².